The highest BCUT2D eigenvalue weighted by atomic mass is 16.5. The lowest BCUT2D eigenvalue weighted by Crippen LogP contribution is -2.52. The van der Waals surface area contributed by atoms with Crippen LogP contribution in [0, 0.1) is 0 Å². The molecule has 0 fully saturated rings. The summed E-state index contributed by atoms with van der Waals surface area (Å²) in [5.41, 5.74) is 0. The average Bonchev–Trinajstić information content (AvgIpc) is 2.34. The molecule has 0 aromatic heterocycles. The van der Waals surface area contributed by atoms with E-state index < -0.39 is 24.0 Å². The van der Waals surface area contributed by atoms with Crippen LogP contribution in [0.4, 0.5) is 4.79 Å². The predicted molar refractivity (Wildman–Crippen MR) is 65.5 cm³/mol. The Morgan fingerprint density at radius 3 is 2.26 bits per heavy atom. The van der Waals surface area contributed by atoms with Crippen molar-refractivity contribution in [3.05, 3.63) is 0 Å². The molecule has 0 aliphatic heterocycles. The molecule has 1 unspecified atom stereocenters. The van der Waals surface area contributed by atoms with Gasteiger partial charge in [0.05, 0.1) is 7.11 Å². The molecule has 0 spiro atoms. The van der Waals surface area contributed by atoms with Crippen LogP contribution in [0.25, 0.3) is 0 Å². The fraction of sp³-hybridized carbons (Fsp3) is 0.727. The van der Waals surface area contributed by atoms with Crippen molar-refractivity contribution in [2.75, 3.05) is 20.3 Å². The zero-order chi connectivity index (χ0) is 15.0. The van der Waals surface area contributed by atoms with Gasteiger partial charge in [0.15, 0.2) is 0 Å². The van der Waals surface area contributed by atoms with Crippen LogP contribution in [0.5, 0.6) is 0 Å². The fourth-order valence-electron chi connectivity index (χ4n) is 1.31. The summed E-state index contributed by atoms with van der Waals surface area (Å²) in [7, 11) is 1.20. The topological polar surface area (TPSA) is 116 Å². The second-order valence-corrected chi connectivity index (χ2v) is 4.15. The van der Waals surface area contributed by atoms with E-state index in [2.05, 4.69) is 10.1 Å². The summed E-state index contributed by atoms with van der Waals surface area (Å²) in [5.74, 6) is -1.85. The molecule has 3 N–H and O–H groups in total. The molecule has 110 valence electrons. The maximum Gasteiger partial charge on any atom is 0.326 e. The highest BCUT2D eigenvalue weighted by Gasteiger charge is 2.25. The number of amides is 2. The maximum absolute atomic E-state index is 11.9. The van der Waals surface area contributed by atoms with E-state index in [9.17, 15) is 14.4 Å². The molecule has 0 radical (unpaired) electrons. The van der Waals surface area contributed by atoms with Gasteiger partial charge in [-0.15, -0.1) is 0 Å². The highest BCUT2D eigenvalue weighted by molar-refractivity contribution is 5.85. The number of carboxylic acids is 1. The number of nitrogens with zero attached hydrogens (tertiary/aromatic N) is 1. The summed E-state index contributed by atoms with van der Waals surface area (Å²) in [6, 6.07) is -2.19. The van der Waals surface area contributed by atoms with E-state index in [1.54, 1.807) is 13.8 Å². The summed E-state index contributed by atoms with van der Waals surface area (Å²) < 4.78 is 4.46. The number of aliphatic carboxylic acids is 1. The summed E-state index contributed by atoms with van der Waals surface area (Å²) in [4.78, 5) is 35.1. The molecule has 19 heavy (non-hydrogen) atoms. The maximum atomic E-state index is 11.9. The largest absolute Gasteiger partial charge is 0.480 e. The Balaban J connectivity index is 4.71. The van der Waals surface area contributed by atoms with Gasteiger partial charge in [0.1, 0.15) is 12.6 Å². The number of aliphatic hydroxyl groups excluding tert-OH is 1. The Kier molecular flexibility index (Phi) is 7.50. The predicted octanol–water partition coefficient (Wildman–Crippen LogP) is -0.585. The lowest BCUT2D eigenvalue weighted by atomic mass is 10.2. The molecule has 8 nitrogen and oxygen atoms in total. The second-order valence-electron chi connectivity index (χ2n) is 4.15. The molecule has 0 aromatic carbocycles. The smallest absolute Gasteiger partial charge is 0.326 e. The van der Waals surface area contributed by atoms with Crippen molar-refractivity contribution in [3.8, 4) is 0 Å². The molecule has 8 heteroatoms. The molecule has 0 saturated carbocycles. The lowest BCUT2D eigenvalue weighted by Gasteiger charge is -2.27. The van der Waals surface area contributed by atoms with Gasteiger partial charge in [-0.2, -0.15) is 0 Å². The molecule has 0 aliphatic rings. The minimum Gasteiger partial charge on any atom is -0.480 e. The van der Waals surface area contributed by atoms with Gasteiger partial charge in [0.2, 0.25) is 0 Å². The molecule has 0 saturated heterocycles. The SMILES string of the molecule is COC(=O)CN(C(=O)NC(CCO)C(=O)O)C(C)C. The third kappa shape index (κ3) is 6.05. The first-order valence-electron chi connectivity index (χ1n) is 5.81. The first kappa shape index (κ1) is 17.2. The number of carbonyl (C=O) groups is 3. The third-order valence-corrected chi connectivity index (χ3v) is 2.42. The number of rotatable bonds is 7. The van der Waals surface area contributed by atoms with Gasteiger partial charge in [0.25, 0.3) is 0 Å². The Morgan fingerprint density at radius 2 is 1.89 bits per heavy atom. The number of aliphatic hydroxyl groups is 1. The molecule has 0 aromatic rings. The molecule has 1 atom stereocenters. The van der Waals surface area contributed by atoms with Gasteiger partial charge >= 0.3 is 18.0 Å². The number of urea groups is 1. The van der Waals surface area contributed by atoms with Crippen molar-refractivity contribution in [2.45, 2.75) is 32.4 Å². The van der Waals surface area contributed by atoms with Gasteiger partial charge < -0.3 is 25.2 Å². The van der Waals surface area contributed by atoms with Gasteiger partial charge in [-0.1, -0.05) is 0 Å². The van der Waals surface area contributed by atoms with Crippen LogP contribution in [-0.2, 0) is 14.3 Å². The fourth-order valence-corrected chi connectivity index (χ4v) is 1.31. The van der Waals surface area contributed by atoms with E-state index in [0.29, 0.717) is 0 Å². The van der Waals surface area contributed by atoms with E-state index in [0.717, 1.165) is 4.90 Å². The summed E-state index contributed by atoms with van der Waals surface area (Å²) >= 11 is 0. The Morgan fingerprint density at radius 1 is 1.32 bits per heavy atom. The number of carboxylic acid groups (broad SMARTS) is 1. The summed E-state index contributed by atoms with van der Waals surface area (Å²) in [6.07, 6.45) is -0.106. The average molecular weight is 276 g/mol. The standard InChI is InChI=1S/C11H20N2O6/c1-7(2)13(6-9(15)19-3)11(18)12-8(4-5-14)10(16)17/h7-8,14H,4-6H2,1-3H3,(H,12,18)(H,16,17). The monoisotopic (exact) mass is 276 g/mol. The van der Waals surface area contributed by atoms with Crippen molar-refractivity contribution < 1.29 is 29.3 Å². The zero-order valence-corrected chi connectivity index (χ0v) is 11.3. The molecule has 2 amide bonds. The van der Waals surface area contributed by atoms with Gasteiger partial charge in [-0.3, -0.25) is 4.79 Å². The van der Waals surface area contributed by atoms with Crippen LogP contribution in [-0.4, -0.2) is 65.4 Å². The van der Waals surface area contributed by atoms with Crippen LogP contribution in [0.15, 0.2) is 0 Å². The number of ether oxygens (including phenoxy) is 1. The molecule has 0 rings (SSSR count). The van der Waals surface area contributed by atoms with Crippen molar-refractivity contribution in [2.24, 2.45) is 0 Å². The minimum atomic E-state index is -1.25. The number of nitrogens with one attached hydrogen (secondary N) is 1. The highest BCUT2D eigenvalue weighted by Crippen LogP contribution is 2.02. The normalized spacial score (nSPS) is 11.8. The van der Waals surface area contributed by atoms with E-state index in [-0.39, 0.29) is 25.6 Å². The number of hydrogen-bond donors (Lipinski definition) is 3. The van der Waals surface area contributed by atoms with Crippen molar-refractivity contribution in [1.29, 1.82) is 0 Å². The van der Waals surface area contributed by atoms with Crippen molar-refractivity contribution in [3.63, 3.8) is 0 Å². The van der Waals surface area contributed by atoms with Crippen molar-refractivity contribution in [1.82, 2.24) is 10.2 Å². The quantitative estimate of drug-likeness (QED) is 0.535. The van der Waals surface area contributed by atoms with Crippen LogP contribution >= 0.6 is 0 Å². The molecular formula is C11H20N2O6. The van der Waals surface area contributed by atoms with E-state index in [4.69, 9.17) is 10.2 Å². The Labute approximate surface area is 111 Å². The zero-order valence-electron chi connectivity index (χ0n) is 11.3. The first-order chi connectivity index (χ1) is 8.83. The van der Waals surface area contributed by atoms with Crippen molar-refractivity contribution >= 4 is 18.0 Å². The number of esters is 1. The van der Waals surface area contributed by atoms with Crippen LogP contribution in [0.1, 0.15) is 20.3 Å². The Hall–Kier alpha value is -1.83. The number of hydrogen-bond acceptors (Lipinski definition) is 5. The molecule has 0 bridgehead atoms. The van der Waals surface area contributed by atoms with Gasteiger partial charge in [0, 0.05) is 19.1 Å². The lowest BCUT2D eigenvalue weighted by molar-refractivity contribution is -0.141. The van der Waals surface area contributed by atoms with Gasteiger partial charge in [-0.05, 0) is 13.8 Å². The van der Waals surface area contributed by atoms with Crippen LogP contribution in [0.2, 0.25) is 0 Å². The van der Waals surface area contributed by atoms with E-state index in [1.165, 1.54) is 7.11 Å². The second kappa shape index (κ2) is 8.30. The summed E-state index contributed by atoms with van der Waals surface area (Å²) in [5, 5.41) is 19.8. The molecule has 0 heterocycles. The van der Waals surface area contributed by atoms with E-state index in [1.807, 2.05) is 0 Å². The number of carbonyl (C=O) groups excluding carboxylic acids is 2. The van der Waals surface area contributed by atoms with E-state index >= 15 is 0 Å². The van der Waals surface area contributed by atoms with Crippen LogP contribution < -0.4 is 5.32 Å². The number of methoxy groups -OCH3 is 1. The van der Waals surface area contributed by atoms with Crippen LogP contribution in [0.3, 0.4) is 0 Å². The summed E-state index contributed by atoms with van der Waals surface area (Å²) in [6.45, 7) is 2.73. The third-order valence-electron chi connectivity index (χ3n) is 2.42. The molecule has 0 aliphatic carbocycles. The molecular weight excluding hydrogens is 256 g/mol. The van der Waals surface area contributed by atoms with Gasteiger partial charge in [-0.25, -0.2) is 9.59 Å². The Bertz CT molecular complexity index is 331. The first-order valence-corrected chi connectivity index (χ1v) is 5.81. The minimum absolute atomic E-state index is 0.106.